The molecule has 0 unspecified atom stereocenters. The normalized spacial score (nSPS) is 22.8. The van der Waals surface area contributed by atoms with Crippen molar-refractivity contribution in [3.05, 3.63) is 41.8 Å². The largest absolute Gasteiger partial charge is 0.478 e. The summed E-state index contributed by atoms with van der Waals surface area (Å²) in [5.41, 5.74) is 0.524. The maximum Gasteiger partial charge on any atom is 0.263 e. The van der Waals surface area contributed by atoms with Crippen molar-refractivity contribution in [3.63, 3.8) is 0 Å². The number of amides is 1. The van der Waals surface area contributed by atoms with E-state index in [-0.39, 0.29) is 30.5 Å². The van der Waals surface area contributed by atoms with Crippen LogP contribution in [0.5, 0.6) is 5.75 Å². The summed E-state index contributed by atoms with van der Waals surface area (Å²) in [6.45, 7) is 2.72. The molecule has 2 atom stereocenters. The number of nitrogens with one attached hydrogen (secondary N) is 1. The molecule has 2 aromatic rings. The van der Waals surface area contributed by atoms with Gasteiger partial charge in [-0.15, -0.1) is 0 Å². The minimum absolute atomic E-state index is 0.0477. The van der Waals surface area contributed by atoms with Gasteiger partial charge >= 0.3 is 0 Å². The van der Waals surface area contributed by atoms with Crippen LogP contribution in [0.15, 0.2) is 30.5 Å². The van der Waals surface area contributed by atoms with Crippen LogP contribution in [-0.2, 0) is 9.53 Å². The third-order valence-electron chi connectivity index (χ3n) is 4.25. The summed E-state index contributed by atoms with van der Waals surface area (Å²) in [4.78, 5) is 22.2. The highest BCUT2D eigenvalue weighted by molar-refractivity contribution is 5.94. The molecular formula is C17H17FN4O3. The monoisotopic (exact) mass is 344 g/mol. The Labute approximate surface area is 143 Å². The van der Waals surface area contributed by atoms with Gasteiger partial charge < -0.3 is 19.7 Å². The number of carbonyl (C=O) groups excluding carboxylic acids is 1. The van der Waals surface area contributed by atoms with Gasteiger partial charge in [0.05, 0.1) is 24.9 Å². The molecule has 1 aromatic heterocycles. The van der Waals surface area contributed by atoms with Crippen LogP contribution in [0.4, 0.5) is 16.2 Å². The zero-order valence-corrected chi connectivity index (χ0v) is 13.6. The zero-order valence-electron chi connectivity index (χ0n) is 13.6. The molecule has 4 rings (SSSR count). The molecule has 0 radical (unpaired) electrons. The molecule has 1 aromatic carbocycles. The van der Waals surface area contributed by atoms with Gasteiger partial charge in [0.2, 0.25) is 5.95 Å². The lowest BCUT2D eigenvalue weighted by molar-refractivity contribution is -0.118. The van der Waals surface area contributed by atoms with Crippen LogP contribution < -0.4 is 15.0 Å². The predicted octanol–water partition coefficient (Wildman–Crippen LogP) is 1.91. The molecule has 1 saturated heterocycles. The van der Waals surface area contributed by atoms with E-state index >= 15 is 0 Å². The lowest BCUT2D eigenvalue weighted by Crippen LogP contribution is -2.45. The quantitative estimate of drug-likeness (QED) is 0.897. The van der Waals surface area contributed by atoms with E-state index in [1.54, 1.807) is 18.2 Å². The van der Waals surface area contributed by atoms with Crippen molar-refractivity contribution < 1.29 is 18.7 Å². The van der Waals surface area contributed by atoms with Crippen LogP contribution in [0.3, 0.4) is 0 Å². The van der Waals surface area contributed by atoms with E-state index in [1.165, 1.54) is 12.3 Å². The Kier molecular flexibility index (Phi) is 3.96. The third-order valence-corrected chi connectivity index (χ3v) is 4.25. The van der Waals surface area contributed by atoms with Crippen LogP contribution in [0.1, 0.15) is 18.5 Å². The second kappa shape index (κ2) is 6.29. The number of nitrogens with zero attached hydrogens (tertiary/aromatic N) is 3. The molecule has 0 aliphatic carbocycles. The predicted molar refractivity (Wildman–Crippen MR) is 88.1 cm³/mol. The standard InChI is InChI=1S/C17H17FN4O3/c1-10-7-22(13(8-24-10)11-4-2-3-5-12(11)18)17-19-6-14-16(21-17)20-15(23)9-25-14/h2-6,10,13H,7-9H2,1H3,(H,19,20,21,23)/t10-,13+/m0/s1. The fourth-order valence-corrected chi connectivity index (χ4v) is 3.03. The fourth-order valence-electron chi connectivity index (χ4n) is 3.03. The van der Waals surface area contributed by atoms with Gasteiger partial charge in [-0.05, 0) is 13.0 Å². The average Bonchev–Trinajstić information content (AvgIpc) is 2.62. The summed E-state index contributed by atoms with van der Waals surface area (Å²) >= 11 is 0. The van der Waals surface area contributed by atoms with Crippen LogP contribution in [0.25, 0.3) is 0 Å². The summed E-state index contributed by atoms with van der Waals surface area (Å²) < 4.78 is 25.3. The van der Waals surface area contributed by atoms with Gasteiger partial charge in [-0.2, -0.15) is 4.98 Å². The average molecular weight is 344 g/mol. The minimum atomic E-state index is -0.351. The molecule has 2 aliphatic heterocycles. The Balaban J connectivity index is 1.71. The highest BCUT2D eigenvalue weighted by Crippen LogP contribution is 2.33. The molecule has 7 nitrogen and oxygen atoms in total. The first-order valence-corrected chi connectivity index (χ1v) is 8.04. The highest BCUT2D eigenvalue weighted by Gasteiger charge is 2.32. The van der Waals surface area contributed by atoms with Crippen molar-refractivity contribution in [1.29, 1.82) is 0 Å². The van der Waals surface area contributed by atoms with Crippen LogP contribution in [-0.4, -0.2) is 41.7 Å². The molecule has 25 heavy (non-hydrogen) atoms. The molecule has 130 valence electrons. The lowest BCUT2D eigenvalue weighted by Gasteiger charge is -2.39. The Morgan fingerprint density at radius 3 is 3.04 bits per heavy atom. The maximum atomic E-state index is 14.3. The molecule has 0 bridgehead atoms. The molecule has 2 aliphatic rings. The molecule has 1 amide bonds. The van der Waals surface area contributed by atoms with Gasteiger partial charge in [0.25, 0.3) is 5.91 Å². The van der Waals surface area contributed by atoms with Gasteiger partial charge in [-0.25, -0.2) is 9.37 Å². The lowest BCUT2D eigenvalue weighted by atomic mass is 10.0. The van der Waals surface area contributed by atoms with E-state index in [4.69, 9.17) is 9.47 Å². The van der Waals surface area contributed by atoms with Crippen molar-refractivity contribution in [2.75, 3.05) is 30.0 Å². The number of aromatic nitrogens is 2. The van der Waals surface area contributed by atoms with Crippen LogP contribution in [0.2, 0.25) is 0 Å². The van der Waals surface area contributed by atoms with E-state index in [2.05, 4.69) is 15.3 Å². The van der Waals surface area contributed by atoms with Crippen molar-refractivity contribution in [2.24, 2.45) is 0 Å². The first-order chi connectivity index (χ1) is 12.1. The zero-order chi connectivity index (χ0) is 17.4. The fraction of sp³-hybridized carbons (Fsp3) is 0.353. The van der Waals surface area contributed by atoms with Gasteiger partial charge in [-0.1, -0.05) is 18.2 Å². The number of hydrogen-bond acceptors (Lipinski definition) is 6. The molecule has 8 heteroatoms. The minimum Gasteiger partial charge on any atom is -0.478 e. The van der Waals surface area contributed by atoms with Gasteiger partial charge in [0.1, 0.15) is 5.82 Å². The highest BCUT2D eigenvalue weighted by atomic mass is 19.1. The van der Waals surface area contributed by atoms with Crippen molar-refractivity contribution >= 4 is 17.7 Å². The van der Waals surface area contributed by atoms with Crippen molar-refractivity contribution in [2.45, 2.75) is 19.1 Å². The molecule has 0 saturated carbocycles. The Hall–Kier alpha value is -2.74. The Morgan fingerprint density at radius 2 is 2.20 bits per heavy atom. The van der Waals surface area contributed by atoms with Gasteiger partial charge in [0, 0.05) is 12.1 Å². The number of anilines is 2. The Morgan fingerprint density at radius 1 is 1.36 bits per heavy atom. The van der Waals surface area contributed by atoms with Crippen molar-refractivity contribution in [3.8, 4) is 5.75 Å². The molecule has 3 heterocycles. The van der Waals surface area contributed by atoms with Crippen LogP contribution >= 0.6 is 0 Å². The van der Waals surface area contributed by atoms with E-state index < -0.39 is 0 Å². The first kappa shape index (κ1) is 15.8. The Bertz CT molecular complexity index is 816. The summed E-state index contributed by atoms with van der Waals surface area (Å²) in [5, 5.41) is 2.67. The van der Waals surface area contributed by atoms with Gasteiger partial charge in [0.15, 0.2) is 18.2 Å². The molecular weight excluding hydrogens is 327 g/mol. The number of carbonyl (C=O) groups is 1. The summed E-state index contributed by atoms with van der Waals surface area (Å²) in [5.74, 6) is 0.580. The summed E-state index contributed by atoms with van der Waals surface area (Å²) in [6.07, 6.45) is 1.48. The van der Waals surface area contributed by atoms with Crippen LogP contribution in [0, 0.1) is 5.82 Å². The molecule has 0 spiro atoms. The van der Waals surface area contributed by atoms with Crippen molar-refractivity contribution in [1.82, 2.24) is 9.97 Å². The number of hydrogen-bond donors (Lipinski definition) is 1. The van der Waals surface area contributed by atoms with E-state index in [0.717, 1.165) is 0 Å². The van der Waals surface area contributed by atoms with Gasteiger partial charge in [-0.3, -0.25) is 4.79 Å². The van der Waals surface area contributed by atoms with E-state index in [9.17, 15) is 9.18 Å². The number of benzene rings is 1. The number of rotatable bonds is 2. The smallest absolute Gasteiger partial charge is 0.263 e. The topological polar surface area (TPSA) is 76.6 Å². The number of fused-ring (bicyclic) bond motifs is 1. The maximum absolute atomic E-state index is 14.3. The number of halogens is 1. The second-order valence-electron chi connectivity index (χ2n) is 6.05. The summed E-state index contributed by atoms with van der Waals surface area (Å²) in [6, 6.07) is 6.24. The summed E-state index contributed by atoms with van der Waals surface area (Å²) in [7, 11) is 0. The van der Waals surface area contributed by atoms with E-state index in [1.807, 2.05) is 11.8 Å². The second-order valence-corrected chi connectivity index (χ2v) is 6.05. The first-order valence-electron chi connectivity index (χ1n) is 8.04. The number of morpholine rings is 1. The SMILES string of the molecule is C[C@H]1CN(c2ncc3c(n2)NC(=O)CO3)[C@@H](c2ccccc2F)CO1. The molecule has 1 fully saturated rings. The third kappa shape index (κ3) is 3.00. The van der Waals surface area contributed by atoms with E-state index in [0.29, 0.717) is 36.2 Å². The number of ether oxygens (including phenoxy) is 2. The molecule has 1 N–H and O–H groups in total.